The van der Waals surface area contributed by atoms with E-state index in [9.17, 15) is 0 Å². The van der Waals surface area contributed by atoms with Gasteiger partial charge in [-0.3, -0.25) is 0 Å². The molecule has 3 aromatic carbocycles. The molecule has 0 spiro atoms. The Morgan fingerprint density at radius 1 is 0.529 bits per heavy atom. The van der Waals surface area contributed by atoms with Gasteiger partial charge in [-0.1, -0.05) is 53.8 Å². The smallest absolute Gasteiger partial charge is 0.0772 e. The Labute approximate surface area is 209 Å². The zero-order chi connectivity index (χ0) is 23.5. The normalized spacial score (nSPS) is 10.4. The van der Waals surface area contributed by atoms with E-state index in [1.807, 2.05) is 12.1 Å². The van der Waals surface area contributed by atoms with Gasteiger partial charge >= 0.3 is 0 Å². The molecular formula is C31H21NS2. The van der Waals surface area contributed by atoms with Crippen LogP contribution in [0.3, 0.4) is 0 Å². The van der Waals surface area contributed by atoms with Crippen LogP contribution in [-0.4, -0.2) is 0 Å². The molecule has 0 fully saturated rings. The van der Waals surface area contributed by atoms with E-state index in [4.69, 9.17) is 12.8 Å². The monoisotopic (exact) mass is 471 g/mol. The first-order valence-electron chi connectivity index (χ1n) is 10.9. The number of hydrogen-bond acceptors (Lipinski definition) is 3. The van der Waals surface area contributed by atoms with Crippen molar-refractivity contribution >= 4 is 39.7 Å². The van der Waals surface area contributed by atoms with Crippen LogP contribution in [0.15, 0.2) is 97.1 Å². The molecule has 2 heterocycles. The van der Waals surface area contributed by atoms with Gasteiger partial charge in [0, 0.05) is 26.8 Å². The molecule has 0 N–H and O–H groups in total. The largest absolute Gasteiger partial charge is 0.311 e. The summed E-state index contributed by atoms with van der Waals surface area (Å²) < 4.78 is 0. The first-order chi connectivity index (χ1) is 16.6. The van der Waals surface area contributed by atoms with E-state index in [1.165, 1.54) is 15.3 Å². The molecule has 5 aromatic rings. The molecule has 0 radical (unpaired) electrons. The predicted molar refractivity (Wildman–Crippen MR) is 148 cm³/mol. The summed E-state index contributed by atoms with van der Waals surface area (Å²) in [6.07, 6.45) is 11.1. The highest BCUT2D eigenvalue weighted by molar-refractivity contribution is 7.16. The van der Waals surface area contributed by atoms with Gasteiger partial charge in [0.05, 0.1) is 9.75 Å². The van der Waals surface area contributed by atoms with Crippen LogP contribution in [0.2, 0.25) is 0 Å². The molecule has 0 amide bonds. The molecule has 0 aliphatic rings. The minimum Gasteiger partial charge on any atom is -0.311 e. The van der Waals surface area contributed by atoms with Gasteiger partial charge in [-0.25, -0.2) is 0 Å². The second-order valence-electron chi connectivity index (χ2n) is 7.88. The van der Waals surface area contributed by atoms with Crippen molar-refractivity contribution in [1.29, 1.82) is 0 Å². The van der Waals surface area contributed by atoms with E-state index in [0.717, 1.165) is 37.9 Å². The van der Waals surface area contributed by atoms with Crippen molar-refractivity contribution in [2.45, 2.75) is 6.92 Å². The molecule has 5 rings (SSSR count). The Hall–Kier alpha value is -4.02. The average Bonchev–Trinajstić information content (AvgIpc) is 3.56. The molecule has 3 heteroatoms. The fourth-order valence-corrected chi connectivity index (χ4v) is 5.48. The summed E-state index contributed by atoms with van der Waals surface area (Å²) in [5, 5.41) is 0. The first-order valence-corrected chi connectivity index (χ1v) is 12.5. The van der Waals surface area contributed by atoms with Gasteiger partial charge < -0.3 is 4.90 Å². The van der Waals surface area contributed by atoms with Crippen molar-refractivity contribution in [3.63, 3.8) is 0 Å². The summed E-state index contributed by atoms with van der Waals surface area (Å²) in [7, 11) is 0. The van der Waals surface area contributed by atoms with Crippen LogP contribution in [0.4, 0.5) is 17.1 Å². The topological polar surface area (TPSA) is 3.24 Å². The lowest BCUT2D eigenvalue weighted by atomic mass is 10.1. The number of nitrogens with zero attached hydrogens (tertiary/aromatic N) is 1. The second kappa shape index (κ2) is 9.46. The molecule has 0 saturated carbocycles. The van der Waals surface area contributed by atoms with Crippen LogP contribution in [-0.2, 0) is 0 Å². The van der Waals surface area contributed by atoms with Gasteiger partial charge in [0.2, 0.25) is 0 Å². The molecule has 2 aromatic heterocycles. The summed E-state index contributed by atoms with van der Waals surface area (Å²) in [6.45, 7) is 2.11. The van der Waals surface area contributed by atoms with E-state index in [2.05, 4.69) is 109 Å². The number of rotatable bonds is 5. The van der Waals surface area contributed by atoms with Crippen LogP contribution in [0.25, 0.3) is 20.9 Å². The van der Waals surface area contributed by atoms with Crippen LogP contribution < -0.4 is 4.90 Å². The number of aryl methyl sites for hydroxylation is 1. The van der Waals surface area contributed by atoms with Gasteiger partial charge in [-0.05, 0) is 78.7 Å². The highest BCUT2D eigenvalue weighted by Crippen LogP contribution is 2.38. The number of thiophene rings is 2. The minimum absolute atomic E-state index is 0.945. The van der Waals surface area contributed by atoms with Crippen molar-refractivity contribution in [1.82, 2.24) is 0 Å². The number of anilines is 3. The first kappa shape index (κ1) is 21.8. The van der Waals surface area contributed by atoms with E-state index < -0.39 is 0 Å². The molecule has 0 aliphatic heterocycles. The van der Waals surface area contributed by atoms with Crippen LogP contribution in [0.1, 0.15) is 15.3 Å². The Kier molecular flexibility index (Phi) is 6.07. The second-order valence-corrected chi connectivity index (χ2v) is 10.0. The quantitative estimate of drug-likeness (QED) is 0.231. The van der Waals surface area contributed by atoms with Gasteiger partial charge in [-0.2, -0.15) is 0 Å². The zero-order valence-corrected chi connectivity index (χ0v) is 20.3. The fourth-order valence-electron chi connectivity index (χ4n) is 3.83. The molecule has 162 valence electrons. The van der Waals surface area contributed by atoms with Gasteiger partial charge in [0.15, 0.2) is 0 Å². The number of terminal acetylenes is 2. The zero-order valence-electron chi connectivity index (χ0n) is 18.7. The summed E-state index contributed by atoms with van der Waals surface area (Å²) in [5.41, 5.74) is 6.87. The summed E-state index contributed by atoms with van der Waals surface area (Å²) in [5.74, 6) is 5.43. The van der Waals surface area contributed by atoms with Crippen molar-refractivity contribution in [3.8, 4) is 45.6 Å². The number of benzene rings is 3. The maximum absolute atomic E-state index is 5.55. The molecule has 0 bridgehead atoms. The van der Waals surface area contributed by atoms with E-state index >= 15 is 0 Å². The molecule has 34 heavy (non-hydrogen) atoms. The molecule has 1 nitrogen and oxygen atoms in total. The summed E-state index contributed by atoms with van der Waals surface area (Å²) in [6, 6.07) is 34.0. The standard InChI is InChI=1S/C31H21NS2/c1-4-28-18-20-30(33-28)23-8-14-26(15-9-23)32(25-12-6-22(3)7-13-25)27-16-10-24(11-17-27)31-21-19-29(5-2)34-31/h1-2,6-21H,3H3. The Morgan fingerprint density at radius 2 is 0.912 bits per heavy atom. The SMILES string of the molecule is C#Cc1ccc(-c2ccc(N(c3ccc(C)cc3)c3ccc(-c4ccc(C#C)s4)cc3)cc2)s1. The van der Waals surface area contributed by atoms with Crippen molar-refractivity contribution in [2.24, 2.45) is 0 Å². The Balaban J connectivity index is 1.51. The maximum atomic E-state index is 5.55. The van der Waals surface area contributed by atoms with Gasteiger partial charge in [-0.15, -0.1) is 35.5 Å². The minimum atomic E-state index is 0.945. The van der Waals surface area contributed by atoms with Crippen LogP contribution in [0.5, 0.6) is 0 Å². The third-order valence-corrected chi connectivity index (χ3v) is 7.74. The van der Waals surface area contributed by atoms with Crippen molar-refractivity contribution in [2.75, 3.05) is 4.90 Å². The fraction of sp³-hybridized carbons (Fsp3) is 0.0323. The van der Waals surface area contributed by atoms with Crippen molar-refractivity contribution in [3.05, 3.63) is 112 Å². The predicted octanol–water partition coefficient (Wildman–Crippen LogP) is 8.88. The van der Waals surface area contributed by atoms with E-state index in [-0.39, 0.29) is 0 Å². The van der Waals surface area contributed by atoms with Crippen LogP contribution in [0, 0.1) is 31.6 Å². The molecular weight excluding hydrogens is 450 g/mol. The Morgan fingerprint density at radius 3 is 1.26 bits per heavy atom. The maximum Gasteiger partial charge on any atom is 0.0772 e. The summed E-state index contributed by atoms with van der Waals surface area (Å²) in [4.78, 5) is 6.51. The average molecular weight is 472 g/mol. The highest BCUT2D eigenvalue weighted by atomic mass is 32.1. The lowest BCUT2D eigenvalue weighted by Gasteiger charge is -2.26. The lowest BCUT2D eigenvalue weighted by molar-refractivity contribution is 1.28. The van der Waals surface area contributed by atoms with Crippen molar-refractivity contribution < 1.29 is 0 Å². The third-order valence-electron chi connectivity index (χ3n) is 5.61. The number of hydrogen-bond donors (Lipinski definition) is 0. The van der Waals surface area contributed by atoms with E-state index in [0.29, 0.717) is 0 Å². The molecule has 0 saturated heterocycles. The van der Waals surface area contributed by atoms with Gasteiger partial charge in [0.25, 0.3) is 0 Å². The highest BCUT2D eigenvalue weighted by Gasteiger charge is 2.14. The molecule has 0 atom stereocenters. The lowest BCUT2D eigenvalue weighted by Crippen LogP contribution is -2.09. The summed E-state index contributed by atoms with van der Waals surface area (Å²) >= 11 is 3.27. The van der Waals surface area contributed by atoms with Gasteiger partial charge in [0.1, 0.15) is 0 Å². The van der Waals surface area contributed by atoms with Crippen LogP contribution >= 0.6 is 22.7 Å². The Bertz CT molecular complexity index is 1410. The third kappa shape index (κ3) is 4.41. The molecule has 0 aliphatic carbocycles. The molecule has 0 unspecified atom stereocenters. The van der Waals surface area contributed by atoms with E-state index in [1.54, 1.807) is 22.7 Å².